The highest BCUT2D eigenvalue weighted by Gasteiger charge is 2.07. The van der Waals surface area contributed by atoms with Crippen molar-refractivity contribution in [1.82, 2.24) is 9.99 Å². The number of nitrogens with one attached hydrogen (secondary N) is 1. The van der Waals surface area contributed by atoms with E-state index in [4.69, 9.17) is 0 Å². The lowest BCUT2D eigenvalue weighted by molar-refractivity contribution is -0.121. The number of hydrogen-bond acceptors (Lipinski definition) is 3. The molecular formula is C19H19N3O2. The summed E-state index contributed by atoms with van der Waals surface area (Å²) in [4.78, 5) is 12.2. The van der Waals surface area contributed by atoms with Crippen molar-refractivity contribution in [3.05, 3.63) is 66.4 Å². The topological polar surface area (TPSA) is 66.6 Å². The van der Waals surface area contributed by atoms with E-state index in [9.17, 15) is 9.90 Å². The quantitative estimate of drug-likeness (QED) is 0.559. The zero-order valence-corrected chi connectivity index (χ0v) is 13.4. The van der Waals surface area contributed by atoms with E-state index in [0.29, 0.717) is 6.42 Å². The maximum atomic E-state index is 12.2. The molecule has 1 aromatic heterocycles. The second-order valence-electron chi connectivity index (χ2n) is 5.50. The highest BCUT2D eigenvalue weighted by Crippen LogP contribution is 2.15. The third-order valence-electron chi connectivity index (χ3n) is 3.85. The lowest BCUT2D eigenvalue weighted by Gasteiger charge is -2.07. The van der Waals surface area contributed by atoms with Gasteiger partial charge in [0.25, 0.3) is 5.91 Å². The number of hydrazone groups is 1. The van der Waals surface area contributed by atoms with Crippen LogP contribution in [0.15, 0.2) is 65.9 Å². The Morgan fingerprint density at radius 3 is 2.62 bits per heavy atom. The fourth-order valence-electron chi connectivity index (χ4n) is 2.60. The van der Waals surface area contributed by atoms with E-state index in [1.54, 1.807) is 24.3 Å². The Hall–Kier alpha value is -3.08. The number of fused-ring (bicyclic) bond motifs is 1. The maximum Gasteiger partial charge on any atom is 0.259 e. The molecule has 0 fully saturated rings. The van der Waals surface area contributed by atoms with Crippen molar-refractivity contribution in [2.45, 2.75) is 19.9 Å². The molecule has 0 aliphatic rings. The van der Waals surface area contributed by atoms with E-state index in [0.717, 1.165) is 22.2 Å². The first-order chi connectivity index (χ1) is 11.7. The third-order valence-corrected chi connectivity index (χ3v) is 3.85. The monoisotopic (exact) mass is 321 g/mol. The number of aromatic nitrogens is 1. The van der Waals surface area contributed by atoms with E-state index in [2.05, 4.69) is 10.5 Å². The van der Waals surface area contributed by atoms with E-state index in [1.807, 2.05) is 48.0 Å². The first-order valence-corrected chi connectivity index (χ1v) is 7.86. The van der Waals surface area contributed by atoms with Gasteiger partial charge in [-0.25, -0.2) is 5.43 Å². The van der Waals surface area contributed by atoms with Crippen LogP contribution in [-0.4, -0.2) is 21.3 Å². The second kappa shape index (κ2) is 7.00. The largest absolute Gasteiger partial charge is 0.508 e. The van der Waals surface area contributed by atoms with E-state index in [1.165, 1.54) is 0 Å². The molecule has 0 unspecified atom stereocenters. The van der Waals surface area contributed by atoms with E-state index >= 15 is 0 Å². The molecule has 0 saturated carbocycles. The predicted octanol–water partition coefficient (Wildman–Crippen LogP) is 3.28. The molecule has 2 N–H and O–H groups in total. The van der Waals surface area contributed by atoms with Gasteiger partial charge in [0.15, 0.2) is 0 Å². The smallest absolute Gasteiger partial charge is 0.259 e. The summed E-state index contributed by atoms with van der Waals surface area (Å²) in [7, 11) is 0. The van der Waals surface area contributed by atoms with Gasteiger partial charge >= 0.3 is 0 Å². The zero-order chi connectivity index (χ0) is 16.9. The van der Waals surface area contributed by atoms with Gasteiger partial charge in [-0.15, -0.1) is 0 Å². The summed E-state index contributed by atoms with van der Waals surface area (Å²) in [5.74, 6) is 0.0267. The fourth-order valence-corrected chi connectivity index (χ4v) is 2.60. The average molecular weight is 321 g/mol. The van der Waals surface area contributed by atoms with Crippen molar-refractivity contribution < 1.29 is 9.90 Å². The van der Waals surface area contributed by atoms with E-state index < -0.39 is 0 Å². The number of benzene rings is 2. The van der Waals surface area contributed by atoms with Gasteiger partial charge in [0, 0.05) is 11.7 Å². The van der Waals surface area contributed by atoms with Crippen LogP contribution < -0.4 is 5.43 Å². The lowest BCUT2D eigenvalue weighted by Crippen LogP contribution is -2.24. The number of carbonyl (C=O) groups is 1. The maximum absolute atomic E-state index is 12.2. The number of para-hydroxylation sites is 1. The van der Waals surface area contributed by atoms with Crippen LogP contribution in [0, 0.1) is 0 Å². The van der Waals surface area contributed by atoms with Crippen molar-refractivity contribution in [2.24, 2.45) is 5.10 Å². The zero-order valence-electron chi connectivity index (χ0n) is 13.4. The van der Waals surface area contributed by atoms with Crippen LogP contribution in [0.5, 0.6) is 5.75 Å². The number of amides is 1. The summed E-state index contributed by atoms with van der Waals surface area (Å²) in [6.45, 7) is 2.18. The van der Waals surface area contributed by atoms with Gasteiger partial charge in [0.2, 0.25) is 0 Å². The van der Waals surface area contributed by atoms with Gasteiger partial charge in [0.05, 0.1) is 5.71 Å². The minimum Gasteiger partial charge on any atom is -0.508 e. The number of rotatable bonds is 5. The number of carbonyl (C=O) groups excluding carboxylic acids is 1. The normalized spacial score (nSPS) is 11.6. The van der Waals surface area contributed by atoms with Crippen LogP contribution in [0.3, 0.4) is 0 Å². The summed E-state index contributed by atoms with van der Waals surface area (Å²) in [5, 5.41) is 14.7. The van der Waals surface area contributed by atoms with Crippen molar-refractivity contribution >= 4 is 22.5 Å². The fraction of sp³-hybridized carbons (Fsp3) is 0.158. The van der Waals surface area contributed by atoms with E-state index in [-0.39, 0.29) is 18.2 Å². The van der Waals surface area contributed by atoms with Crippen molar-refractivity contribution in [2.75, 3.05) is 0 Å². The molecule has 3 aromatic rings. The molecule has 0 atom stereocenters. The molecule has 24 heavy (non-hydrogen) atoms. The molecule has 1 heterocycles. The first kappa shape index (κ1) is 15.8. The molecular weight excluding hydrogens is 302 g/mol. The molecule has 122 valence electrons. The van der Waals surface area contributed by atoms with Crippen LogP contribution in [0.4, 0.5) is 0 Å². The third kappa shape index (κ3) is 3.46. The highest BCUT2D eigenvalue weighted by molar-refractivity contribution is 6.01. The molecule has 0 spiro atoms. The number of phenols is 1. The Balaban J connectivity index is 1.70. The predicted molar refractivity (Wildman–Crippen MR) is 95.0 cm³/mol. The van der Waals surface area contributed by atoms with Crippen molar-refractivity contribution in [3.63, 3.8) is 0 Å². The van der Waals surface area contributed by atoms with Crippen LogP contribution in [0.1, 0.15) is 18.9 Å². The van der Waals surface area contributed by atoms with Gasteiger partial charge in [0.1, 0.15) is 12.3 Å². The Morgan fingerprint density at radius 1 is 1.12 bits per heavy atom. The highest BCUT2D eigenvalue weighted by atomic mass is 16.3. The minimum atomic E-state index is -0.180. The molecule has 3 rings (SSSR count). The van der Waals surface area contributed by atoms with Crippen molar-refractivity contribution in [1.29, 1.82) is 0 Å². The Morgan fingerprint density at radius 2 is 1.88 bits per heavy atom. The summed E-state index contributed by atoms with van der Waals surface area (Å²) < 4.78 is 1.90. The first-order valence-electron chi connectivity index (χ1n) is 7.86. The molecule has 0 aliphatic heterocycles. The number of phenolic OH excluding ortho intramolecular Hbond substituents is 1. The average Bonchev–Trinajstić information content (AvgIpc) is 3.00. The summed E-state index contributed by atoms with van der Waals surface area (Å²) in [6.07, 6.45) is 2.58. The standard InChI is InChI=1S/C19H19N3O2/c1-2-17(14-7-9-16(23)10-8-14)20-21-19(24)13-22-12-11-15-5-3-4-6-18(15)22/h3-12,23H,2,13H2,1H3,(H,21,24)/b20-17+. The van der Waals surface area contributed by atoms with Gasteiger partial charge in [-0.2, -0.15) is 5.10 Å². The van der Waals surface area contributed by atoms with Gasteiger partial charge in [-0.1, -0.05) is 25.1 Å². The molecule has 0 bridgehead atoms. The molecule has 0 aliphatic carbocycles. The van der Waals surface area contributed by atoms with Crippen LogP contribution in [0.2, 0.25) is 0 Å². The van der Waals surface area contributed by atoms with Crippen LogP contribution in [0.25, 0.3) is 10.9 Å². The second-order valence-corrected chi connectivity index (χ2v) is 5.50. The molecule has 2 aromatic carbocycles. The Labute approximate surface area is 140 Å². The minimum absolute atomic E-state index is 0.180. The Kier molecular flexibility index (Phi) is 4.61. The number of aromatic hydroxyl groups is 1. The van der Waals surface area contributed by atoms with Crippen molar-refractivity contribution in [3.8, 4) is 5.75 Å². The SMILES string of the molecule is CC/C(=N\NC(=O)Cn1ccc2ccccc21)c1ccc(O)cc1. The van der Waals surface area contributed by atoms with Crippen LogP contribution >= 0.6 is 0 Å². The molecule has 0 saturated heterocycles. The molecule has 0 radical (unpaired) electrons. The van der Waals surface area contributed by atoms with Crippen LogP contribution in [-0.2, 0) is 11.3 Å². The van der Waals surface area contributed by atoms with Gasteiger partial charge in [-0.3, -0.25) is 4.79 Å². The molecule has 5 heteroatoms. The summed E-state index contributed by atoms with van der Waals surface area (Å²) in [6, 6.07) is 16.7. The number of hydrogen-bond donors (Lipinski definition) is 2. The Bertz CT molecular complexity index is 879. The lowest BCUT2D eigenvalue weighted by atomic mass is 10.1. The summed E-state index contributed by atoms with van der Waals surface area (Å²) >= 11 is 0. The number of nitrogens with zero attached hydrogens (tertiary/aromatic N) is 2. The summed E-state index contributed by atoms with van der Waals surface area (Å²) in [5.41, 5.74) is 5.28. The van der Waals surface area contributed by atoms with Gasteiger partial charge in [-0.05, 0) is 53.8 Å². The van der Waals surface area contributed by atoms with Gasteiger partial charge < -0.3 is 9.67 Å². The molecule has 5 nitrogen and oxygen atoms in total. The molecule has 1 amide bonds.